The summed E-state index contributed by atoms with van der Waals surface area (Å²) in [6.45, 7) is 4.02. The summed E-state index contributed by atoms with van der Waals surface area (Å²) < 4.78 is 0. The van der Waals surface area contributed by atoms with Crippen LogP contribution in [0.2, 0.25) is 0 Å². The van der Waals surface area contributed by atoms with Gasteiger partial charge in [0.15, 0.2) is 5.17 Å². The molecule has 0 spiro atoms. The Labute approximate surface area is 172 Å². The Morgan fingerprint density at radius 1 is 1.17 bits per heavy atom. The van der Waals surface area contributed by atoms with Gasteiger partial charge in [-0.25, -0.2) is 9.79 Å². The van der Waals surface area contributed by atoms with Gasteiger partial charge in [-0.2, -0.15) is 0 Å². The van der Waals surface area contributed by atoms with Crippen molar-refractivity contribution >= 4 is 46.1 Å². The standard InChI is InChI=1S/C21H21N3O4S/c1-12-7-8-16(9-13(12)2)23-21-24(3)19(26)17(29-21)11-18(25)22-15-6-4-5-14(10-15)20(27)28/h4-10,17H,11H2,1-3H3,(H,22,25)(H,27,28)/t17-/m1/s1. The number of benzene rings is 2. The predicted octanol–water partition coefficient (Wildman–Crippen LogP) is 3.59. The molecule has 0 unspecified atom stereocenters. The number of aryl methyl sites for hydroxylation is 2. The van der Waals surface area contributed by atoms with Crippen LogP contribution in [0.15, 0.2) is 47.5 Å². The number of nitrogens with one attached hydrogen (secondary N) is 1. The molecule has 2 aromatic carbocycles. The number of anilines is 1. The number of carboxylic acids is 1. The van der Waals surface area contributed by atoms with E-state index < -0.39 is 11.2 Å². The molecule has 1 aliphatic rings. The number of thioether (sulfide) groups is 1. The second kappa shape index (κ2) is 8.48. The van der Waals surface area contributed by atoms with E-state index in [2.05, 4.69) is 10.3 Å². The maximum absolute atomic E-state index is 12.5. The number of amidine groups is 1. The molecule has 1 aliphatic heterocycles. The number of carbonyl (C=O) groups is 3. The highest BCUT2D eigenvalue weighted by Crippen LogP contribution is 2.31. The minimum atomic E-state index is -1.07. The van der Waals surface area contributed by atoms with Crippen molar-refractivity contribution in [3.05, 3.63) is 59.2 Å². The van der Waals surface area contributed by atoms with Crippen molar-refractivity contribution in [1.29, 1.82) is 0 Å². The monoisotopic (exact) mass is 411 g/mol. The van der Waals surface area contributed by atoms with E-state index in [9.17, 15) is 14.4 Å². The number of aliphatic imine (C=N–C) groups is 1. The van der Waals surface area contributed by atoms with Gasteiger partial charge in [0.2, 0.25) is 11.8 Å². The SMILES string of the molecule is Cc1ccc(N=C2S[C@H](CC(=O)Nc3cccc(C(=O)O)c3)C(=O)N2C)cc1C. The first-order valence-corrected chi connectivity index (χ1v) is 9.86. The summed E-state index contributed by atoms with van der Waals surface area (Å²) in [5.41, 5.74) is 3.49. The zero-order chi connectivity index (χ0) is 21.1. The van der Waals surface area contributed by atoms with Crippen molar-refractivity contribution in [3.63, 3.8) is 0 Å². The number of hydrogen-bond donors (Lipinski definition) is 2. The van der Waals surface area contributed by atoms with Crippen LogP contribution in [0.3, 0.4) is 0 Å². The van der Waals surface area contributed by atoms with Gasteiger partial charge in [-0.1, -0.05) is 23.9 Å². The Kier molecular flexibility index (Phi) is 6.03. The Morgan fingerprint density at radius 3 is 2.62 bits per heavy atom. The number of hydrogen-bond acceptors (Lipinski definition) is 5. The fourth-order valence-electron chi connectivity index (χ4n) is 2.81. The van der Waals surface area contributed by atoms with Crippen molar-refractivity contribution in [1.82, 2.24) is 4.90 Å². The van der Waals surface area contributed by atoms with E-state index in [-0.39, 0.29) is 23.8 Å². The Morgan fingerprint density at radius 2 is 1.93 bits per heavy atom. The lowest BCUT2D eigenvalue weighted by atomic mass is 10.1. The van der Waals surface area contributed by atoms with Gasteiger partial charge in [0, 0.05) is 19.2 Å². The molecular formula is C21H21N3O4S. The molecule has 29 heavy (non-hydrogen) atoms. The largest absolute Gasteiger partial charge is 0.478 e. The van der Waals surface area contributed by atoms with Gasteiger partial charge >= 0.3 is 5.97 Å². The van der Waals surface area contributed by atoms with Crippen LogP contribution < -0.4 is 5.32 Å². The van der Waals surface area contributed by atoms with Crippen LogP contribution in [-0.4, -0.2) is 45.3 Å². The molecule has 3 rings (SSSR count). The van der Waals surface area contributed by atoms with E-state index in [1.807, 2.05) is 32.0 Å². The molecule has 1 heterocycles. The molecule has 150 valence electrons. The molecule has 1 saturated heterocycles. The van der Waals surface area contributed by atoms with E-state index in [0.717, 1.165) is 11.3 Å². The van der Waals surface area contributed by atoms with Crippen LogP contribution in [0, 0.1) is 13.8 Å². The van der Waals surface area contributed by atoms with Gasteiger partial charge in [-0.05, 0) is 55.3 Å². The highest BCUT2D eigenvalue weighted by molar-refractivity contribution is 8.15. The molecule has 1 fully saturated rings. The number of carbonyl (C=O) groups excluding carboxylic acids is 2. The maximum atomic E-state index is 12.5. The van der Waals surface area contributed by atoms with Crippen molar-refractivity contribution in [3.8, 4) is 0 Å². The lowest BCUT2D eigenvalue weighted by Crippen LogP contribution is -2.30. The predicted molar refractivity (Wildman–Crippen MR) is 114 cm³/mol. The number of rotatable bonds is 5. The number of amides is 2. The lowest BCUT2D eigenvalue weighted by molar-refractivity contribution is -0.127. The molecular weight excluding hydrogens is 390 g/mol. The molecule has 0 aliphatic carbocycles. The van der Waals surface area contributed by atoms with Crippen molar-refractivity contribution in [2.45, 2.75) is 25.5 Å². The molecule has 0 saturated carbocycles. The normalized spacial score (nSPS) is 17.6. The molecule has 2 N–H and O–H groups in total. The summed E-state index contributed by atoms with van der Waals surface area (Å²) in [6.07, 6.45) is -0.0307. The van der Waals surface area contributed by atoms with Gasteiger partial charge in [0.25, 0.3) is 0 Å². The number of carboxylic acid groups (broad SMARTS) is 1. The zero-order valence-corrected chi connectivity index (χ0v) is 17.1. The quantitative estimate of drug-likeness (QED) is 0.783. The second-order valence-electron chi connectivity index (χ2n) is 6.80. The molecule has 0 radical (unpaired) electrons. The lowest BCUT2D eigenvalue weighted by Gasteiger charge is -2.10. The fraction of sp³-hybridized carbons (Fsp3) is 0.238. The van der Waals surface area contributed by atoms with E-state index in [1.165, 1.54) is 34.4 Å². The minimum Gasteiger partial charge on any atom is -0.478 e. The molecule has 0 aromatic heterocycles. The minimum absolute atomic E-state index is 0.0307. The summed E-state index contributed by atoms with van der Waals surface area (Å²) in [5, 5.41) is 11.7. The van der Waals surface area contributed by atoms with Gasteiger partial charge in [0.1, 0.15) is 5.25 Å². The number of aromatic carboxylic acids is 1. The fourth-order valence-corrected chi connectivity index (χ4v) is 3.97. The average molecular weight is 411 g/mol. The van der Waals surface area contributed by atoms with Gasteiger partial charge in [0.05, 0.1) is 11.3 Å². The van der Waals surface area contributed by atoms with Crippen LogP contribution in [-0.2, 0) is 9.59 Å². The third-order valence-corrected chi connectivity index (χ3v) is 5.85. The smallest absolute Gasteiger partial charge is 0.335 e. The van der Waals surface area contributed by atoms with Gasteiger partial charge in [-0.3, -0.25) is 14.5 Å². The molecule has 2 aromatic rings. The third kappa shape index (κ3) is 4.83. The van der Waals surface area contributed by atoms with Gasteiger partial charge < -0.3 is 10.4 Å². The highest BCUT2D eigenvalue weighted by atomic mass is 32.2. The molecule has 1 atom stereocenters. The third-order valence-electron chi connectivity index (χ3n) is 4.62. The van der Waals surface area contributed by atoms with Gasteiger partial charge in [-0.15, -0.1) is 0 Å². The zero-order valence-electron chi connectivity index (χ0n) is 16.3. The van der Waals surface area contributed by atoms with Crippen LogP contribution >= 0.6 is 11.8 Å². The Balaban J connectivity index is 1.68. The summed E-state index contributed by atoms with van der Waals surface area (Å²) >= 11 is 1.25. The molecule has 7 nitrogen and oxygen atoms in total. The molecule has 8 heteroatoms. The highest BCUT2D eigenvalue weighted by Gasteiger charge is 2.37. The van der Waals surface area contributed by atoms with E-state index in [1.54, 1.807) is 19.2 Å². The second-order valence-corrected chi connectivity index (χ2v) is 7.97. The van der Waals surface area contributed by atoms with Crippen LogP contribution in [0.25, 0.3) is 0 Å². The first-order valence-electron chi connectivity index (χ1n) is 8.98. The van der Waals surface area contributed by atoms with Crippen LogP contribution in [0.1, 0.15) is 27.9 Å². The first kappa shape index (κ1) is 20.6. The molecule has 0 bridgehead atoms. The van der Waals surface area contributed by atoms with E-state index in [0.29, 0.717) is 10.9 Å². The molecule has 2 amide bonds. The number of nitrogens with zero attached hydrogens (tertiary/aromatic N) is 2. The maximum Gasteiger partial charge on any atom is 0.335 e. The first-order chi connectivity index (χ1) is 13.7. The van der Waals surface area contributed by atoms with E-state index in [4.69, 9.17) is 5.11 Å². The van der Waals surface area contributed by atoms with Crippen molar-refractivity contribution < 1.29 is 19.5 Å². The summed E-state index contributed by atoms with van der Waals surface area (Å²) in [7, 11) is 1.64. The Hall–Kier alpha value is -3.13. The van der Waals surface area contributed by atoms with E-state index >= 15 is 0 Å². The topological polar surface area (TPSA) is 99.1 Å². The average Bonchev–Trinajstić information content (AvgIpc) is 2.92. The van der Waals surface area contributed by atoms with Crippen LogP contribution in [0.4, 0.5) is 11.4 Å². The van der Waals surface area contributed by atoms with Crippen molar-refractivity contribution in [2.24, 2.45) is 4.99 Å². The summed E-state index contributed by atoms with van der Waals surface area (Å²) in [6, 6.07) is 11.8. The Bertz CT molecular complexity index is 1020. The summed E-state index contributed by atoms with van der Waals surface area (Å²) in [4.78, 5) is 41.9. The van der Waals surface area contributed by atoms with Crippen LogP contribution in [0.5, 0.6) is 0 Å². The summed E-state index contributed by atoms with van der Waals surface area (Å²) in [5.74, 6) is -1.62. The van der Waals surface area contributed by atoms with Crippen molar-refractivity contribution in [2.75, 3.05) is 12.4 Å².